The summed E-state index contributed by atoms with van der Waals surface area (Å²) in [6.45, 7) is 0. The van der Waals surface area contributed by atoms with Gasteiger partial charge in [-0.25, -0.2) is 0 Å². The molecule has 0 aliphatic carbocycles. The van der Waals surface area contributed by atoms with Crippen molar-refractivity contribution in [3.8, 4) is 0 Å². The van der Waals surface area contributed by atoms with Gasteiger partial charge in [0.05, 0.1) is 0 Å². The molecule has 0 N–H and O–H groups in total. The third-order valence-electron chi connectivity index (χ3n) is 3.37. The predicted molar refractivity (Wildman–Crippen MR) is 143 cm³/mol. The molecule has 0 spiro atoms. The highest BCUT2D eigenvalue weighted by molar-refractivity contribution is 9.32. The van der Waals surface area contributed by atoms with Gasteiger partial charge in [-0.2, -0.15) is 0 Å². The highest BCUT2D eigenvalue weighted by Crippen LogP contribution is 2.68. The van der Waals surface area contributed by atoms with Crippen molar-refractivity contribution in [1.29, 1.82) is 0 Å². The molecule has 0 bridgehead atoms. The van der Waals surface area contributed by atoms with E-state index >= 15 is 0 Å². The minimum absolute atomic E-state index is 0.646. The Morgan fingerprint density at radius 3 is 1.64 bits per heavy atom. The maximum atomic E-state index is 3.87. The summed E-state index contributed by atoms with van der Waals surface area (Å²) in [5, 5.41) is 0. The summed E-state index contributed by atoms with van der Waals surface area (Å²) in [5.41, 5.74) is 2.00. The molecule has 0 radical (unpaired) electrons. The molecule has 0 aliphatic heterocycles. The van der Waals surface area contributed by atoms with Crippen LogP contribution in [-0.4, -0.2) is 3.23 Å². The van der Waals surface area contributed by atoms with Gasteiger partial charge in [0.25, 0.3) is 0 Å². The zero-order valence-corrected chi connectivity index (χ0v) is 27.6. The van der Waals surface area contributed by atoms with E-state index in [9.17, 15) is 0 Å². The van der Waals surface area contributed by atoms with Gasteiger partial charge in [-0.1, -0.05) is 126 Å². The number of alkyl halides is 6. The van der Waals surface area contributed by atoms with Crippen molar-refractivity contribution in [2.45, 2.75) is 9.70 Å². The average Bonchev–Trinajstić information content (AvgIpc) is 2.56. The molecule has 2 aromatic carbocycles. The molecular weight excluding hydrogens is 979 g/mol. The number of rotatable bonds is 4. The van der Waals surface area contributed by atoms with E-state index in [0.717, 1.165) is 29.0 Å². The molecule has 0 nitrogen and oxygen atoms in total. The number of hydrogen-bond donors (Lipinski definition) is 0. The fourth-order valence-corrected chi connectivity index (χ4v) is 9.13. The molecule has 25 heavy (non-hydrogen) atoms. The molecule has 10 heteroatoms. The van der Waals surface area contributed by atoms with Crippen molar-refractivity contribution < 1.29 is 0 Å². The van der Waals surface area contributed by atoms with Crippen LogP contribution in [0.1, 0.15) is 11.1 Å². The molecule has 0 aromatic heterocycles. The van der Waals surface area contributed by atoms with Crippen molar-refractivity contribution in [1.82, 2.24) is 0 Å². The number of benzene rings is 2. The second kappa shape index (κ2) is 9.16. The van der Waals surface area contributed by atoms with E-state index in [2.05, 4.69) is 159 Å². The van der Waals surface area contributed by atoms with Crippen LogP contribution in [0.25, 0.3) is 0 Å². The van der Waals surface area contributed by atoms with Gasteiger partial charge in [-0.3, -0.25) is 0 Å². The first-order chi connectivity index (χ1) is 11.4. The Hall–Kier alpha value is 3.24. The molecule has 0 atom stereocenters. The van der Waals surface area contributed by atoms with Crippen LogP contribution in [0.2, 0.25) is 0 Å². The summed E-state index contributed by atoms with van der Waals surface area (Å²) in [6, 6.07) is 12.1. The molecule has 0 amide bonds. The minimum Gasteiger partial charge on any atom is -0.0669 e. The van der Waals surface area contributed by atoms with Gasteiger partial charge in [0.15, 0.2) is 0 Å². The Balaban J connectivity index is 2.66. The highest BCUT2D eigenvalue weighted by atomic mass is 79.9. The normalized spacial score (nSPS) is 13.2. The van der Waals surface area contributed by atoms with Crippen molar-refractivity contribution in [2.24, 2.45) is 0 Å². The van der Waals surface area contributed by atoms with Gasteiger partial charge >= 0.3 is 0 Å². The van der Waals surface area contributed by atoms with Crippen LogP contribution in [0.15, 0.2) is 54.3 Å². The maximum absolute atomic E-state index is 3.87. The third kappa shape index (κ3) is 4.63. The van der Waals surface area contributed by atoms with Gasteiger partial charge in [-0.15, -0.1) is 0 Å². The second-order valence-corrected chi connectivity index (χ2v) is 18.5. The van der Waals surface area contributed by atoms with Gasteiger partial charge < -0.3 is 0 Å². The summed E-state index contributed by atoms with van der Waals surface area (Å²) in [5.74, 6) is 0. The van der Waals surface area contributed by atoms with Crippen molar-refractivity contribution in [2.75, 3.05) is 0 Å². The SMILES string of the molecule is Brc1cc(C(Br)(Br)C(Br)(Br)C(Br)(Br)c2ccccc2)c(Br)c(Br)c1Br. The van der Waals surface area contributed by atoms with E-state index in [0.29, 0.717) is 0 Å². The largest absolute Gasteiger partial charge is 0.139 e. The fraction of sp³-hybridized carbons (Fsp3) is 0.200. The fourth-order valence-electron chi connectivity index (χ4n) is 2.00. The van der Waals surface area contributed by atoms with E-state index < -0.39 is 9.70 Å². The Kier molecular flexibility index (Phi) is 8.98. The smallest absolute Gasteiger partial charge is 0.0669 e. The molecule has 0 saturated heterocycles. The zero-order valence-electron chi connectivity index (χ0n) is 11.7. The molecule has 2 rings (SSSR count). The lowest BCUT2D eigenvalue weighted by atomic mass is 10.0. The lowest BCUT2D eigenvalue weighted by Gasteiger charge is -2.44. The molecule has 0 fully saturated rings. The quantitative estimate of drug-likeness (QED) is 0.163. The lowest BCUT2D eigenvalue weighted by Crippen LogP contribution is -2.44. The van der Waals surface area contributed by atoms with Crippen LogP contribution in [0.4, 0.5) is 0 Å². The van der Waals surface area contributed by atoms with Gasteiger partial charge in [-0.05, 0) is 80.9 Å². The predicted octanol–water partition coefficient (Wildman–Crippen LogP) is 10.8. The Morgan fingerprint density at radius 1 is 0.600 bits per heavy atom. The molecule has 0 unspecified atom stereocenters. The van der Waals surface area contributed by atoms with Crippen LogP contribution in [0.5, 0.6) is 0 Å². The van der Waals surface area contributed by atoms with Crippen LogP contribution >= 0.6 is 159 Å². The summed E-state index contributed by atoms with van der Waals surface area (Å²) >= 11 is 37.6. The lowest BCUT2D eigenvalue weighted by molar-refractivity contribution is 0.733. The van der Waals surface area contributed by atoms with Gasteiger partial charge in [0.1, 0.15) is 9.70 Å². The number of hydrogen-bond acceptors (Lipinski definition) is 0. The van der Waals surface area contributed by atoms with Crippen molar-refractivity contribution in [3.05, 3.63) is 65.4 Å². The van der Waals surface area contributed by atoms with E-state index in [4.69, 9.17) is 0 Å². The minimum atomic E-state index is -0.726. The van der Waals surface area contributed by atoms with Crippen LogP contribution in [0.3, 0.4) is 0 Å². The molecular formula is C15H6Br10. The maximum Gasteiger partial charge on any atom is 0.139 e. The molecule has 0 saturated carbocycles. The Labute approximate surface area is 230 Å². The first-order valence-electron chi connectivity index (χ1n) is 6.38. The second-order valence-electron chi connectivity index (χ2n) is 4.94. The van der Waals surface area contributed by atoms with Crippen molar-refractivity contribution >= 4 is 159 Å². The highest BCUT2D eigenvalue weighted by Gasteiger charge is 2.59. The molecule has 0 aliphatic rings. The van der Waals surface area contributed by atoms with E-state index in [1.54, 1.807) is 0 Å². The number of halogens is 10. The van der Waals surface area contributed by atoms with Crippen LogP contribution < -0.4 is 0 Å². The van der Waals surface area contributed by atoms with Gasteiger partial charge in [0, 0.05) is 17.9 Å². The first-order valence-corrected chi connectivity index (χ1v) is 14.3. The molecule has 0 heterocycles. The zero-order chi connectivity index (χ0) is 19.2. The monoisotopic (exact) mass is 975 g/mol. The van der Waals surface area contributed by atoms with Crippen LogP contribution in [0, 0.1) is 0 Å². The summed E-state index contributed by atoms with van der Waals surface area (Å²) < 4.78 is 1.57. The summed E-state index contributed by atoms with van der Waals surface area (Å²) in [4.78, 5) is 0. The topological polar surface area (TPSA) is 0 Å². The Morgan fingerprint density at radius 2 is 1.12 bits per heavy atom. The Bertz CT molecular complexity index is 783. The van der Waals surface area contributed by atoms with E-state index in [-0.39, 0.29) is 0 Å². The summed E-state index contributed by atoms with van der Waals surface area (Å²) in [6.07, 6.45) is 0. The standard InChI is InChI=1S/C15H6Br10/c16-9-6-8(10(17)12(19)11(9)18)14(22,23)15(24,25)13(20,21)7-4-2-1-3-5-7/h1-6H. The molecule has 2 aromatic rings. The average molecular weight is 985 g/mol. The van der Waals surface area contributed by atoms with Gasteiger partial charge in [0.2, 0.25) is 0 Å². The third-order valence-corrected chi connectivity index (χ3v) is 18.8. The van der Waals surface area contributed by atoms with E-state index in [1.165, 1.54) is 0 Å². The summed E-state index contributed by atoms with van der Waals surface area (Å²) in [7, 11) is 0. The van der Waals surface area contributed by atoms with Crippen LogP contribution in [-0.2, 0) is 6.47 Å². The molecule has 136 valence electrons. The van der Waals surface area contributed by atoms with E-state index in [1.807, 2.05) is 36.4 Å². The van der Waals surface area contributed by atoms with Crippen molar-refractivity contribution in [3.63, 3.8) is 0 Å². The first kappa shape index (κ1) is 24.5.